The summed E-state index contributed by atoms with van der Waals surface area (Å²) in [6.45, 7) is 6.80. The zero-order valence-electron chi connectivity index (χ0n) is 15.4. The quantitative estimate of drug-likeness (QED) is 0.459. The molecular formula is C20H32O4. The van der Waals surface area contributed by atoms with Gasteiger partial charge in [-0.25, -0.2) is 4.79 Å². The van der Waals surface area contributed by atoms with Crippen LogP contribution in [-0.4, -0.2) is 36.0 Å². The number of carbonyl (C=O) groups excluding carboxylic acids is 1. The highest BCUT2D eigenvalue weighted by molar-refractivity contribution is 5.82. The van der Waals surface area contributed by atoms with E-state index in [0.717, 1.165) is 12.8 Å². The number of esters is 1. The third-order valence-electron chi connectivity index (χ3n) is 6.35. The largest absolute Gasteiger partial charge is 0.466 e. The van der Waals surface area contributed by atoms with E-state index in [0.29, 0.717) is 17.9 Å². The number of hydrogen-bond donors (Lipinski definition) is 2. The standard InChI is InChI=1S/C20H32O4/c1-19(2)10-5-11-20(3)15(16(22)8-9-17(19)20)7-6-14(13-21)12-18(23)24-4/h8-9,12,15-17,21-22H,5-7,10-11,13H2,1-4H3. The van der Waals surface area contributed by atoms with Crippen LogP contribution in [0.5, 0.6) is 0 Å². The highest BCUT2D eigenvalue weighted by Gasteiger charge is 2.52. The second kappa shape index (κ2) is 7.40. The lowest BCUT2D eigenvalue weighted by atomic mass is 9.49. The van der Waals surface area contributed by atoms with Crippen LogP contribution in [0.3, 0.4) is 0 Å². The Kier molecular flexibility index (Phi) is 5.92. The molecule has 0 aromatic heterocycles. The summed E-state index contributed by atoms with van der Waals surface area (Å²) in [5.41, 5.74) is 0.963. The summed E-state index contributed by atoms with van der Waals surface area (Å²) in [6.07, 6.45) is 9.95. The van der Waals surface area contributed by atoms with Gasteiger partial charge < -0.3 is 14.9 Å². The molecule has 2 rings (SSSR count). The van der Waals surface area contributed by atoms with Crippen LogP contribution >= 0.6 is 0 Å². The van der Waals surface area contributed by atoms with Crippen molar-refractivity contribution in [1.29, 1.82) is 0 Å². The van der Waals surface area contributed by atoms with Gasteiger partial charge in [-0.2, -0.15) is 0 Å². The van der Waals surface area contributed by atoms with Gasteiger partial charge in [-0.1, -0.05) is 39.3 Å². The van der Waals surface area contributed by atoms with E-state index in [-0.39, 0.29) is 23.4 Å². The first kappa shape index (κ1) is 19.2. The molecule has 0 amide bonds. The number of methoxy groups -OCH3 is 1. The maximum atomic E-state index is 11.4. The number of rotatable bonds is 5. The van der Waals surface area contributed by atoms with Crippen molar-refractivity contribution in [3.63, 3.8) is 0 Å². The molecule has 1 fully saturated rings. The van der Waals surface area contributed by atoms with Crippen molar-refractivity contribution < 1.29 is 19.7 Å². The summed E-state index contributed by atoms with van der Waals surface area (Å²) in [7, 11) is 1.33. The smallest absolute Gasteiger partial charge is 0.330 e. The predicted molar refractivity (Wildman–Crippen MR) is 94.3 cm³/mol. The van der Waals surface area contributed by atoms with Crippen molar-refractivity contribution in [3.8, 4) is 0 Å². The van der Waals surface area contributed by atoms with E-state index >= 15 is 0 Å². The molecule has 0 heterocycles. The Morgan fingerprint density at radius 2 is 2.00 bits per heavy atom. The van der Waals surface area contributed by atoms with Crippen LogP contribution in [-0.2, 0) is 9.53 Å². The summed E-state index contributed by atoms with van der Waals surface area (Å²) < 4.78 is 4.64. The van der Waals surface area contributed by atoms with E-state index in [2.05, 4.69) is 31.6 Å². The molecule has 2 aliphatic carbocycles. The van der Waals surface area contributed by atoms with Gasteiger partial charge in [-0.3, -0.25) is 0 Å². The molecule has 2 aliphatic rings. The molecule has 1 saturated carbocycles. The monoisotopic (exact) mass is 336 g/mol. The highest BCUT2D eigenvalue weighted by atomic mass is 16.5. The van der Waals surface area contributed by atoms with E-state index in [1.165, 1.54) is 26.0 Å². The topological polar surface area (TPSA) is 66.8 Å². The van der Waals surface area contributed by atoms with E-state index < -0.39 is 12.1 Å². The van der Waals surface area contributed by atoms with E-state index in [4.69, 9.17) is 0 Å². The van der Waals surface area contributed by atoms with Crippen molar-refractivity contribution in [1.82, 2.24) is 0 Å². The highest BCUT2D eigenvalue weighted by Crippen LogP contribution is 2.58. The molecular weight excluding hydrogens is 304 g/mol. The molecule has 136 valence electrons. The summed E-state index contributed by atoms with van der Waals surface area (Å²) in [5, 5.41) is 20.1. The number of carbonyl (C=O) groups is 1. The van der Waals surface area contributed by atoms with Crippen molar-refractivity contribution >= 4 is 5.97 Å². The Balaban J connectivity index is 2.18. The first-order valence-electron chi connectivity index (χ1n) is 8.99. The van der Waals surface area contributed by atoms with Gasteiger partial charge >= 0.3 is 5.97 Å². The Morgan fingerprint density at radius 3 is 2.62 bits per heavy atom. The zero-order chi connectivity index (χ0) is 18.0. The van der Waals surface area contributed by atoms with Gasteiger partial charge in [-0.05, 0) is 53.9 Å². The molecule has 4 unspecified atom stereocenters. The van der Waals surface area contributed by atoms with Gasteiger partial charge in [0.25, 0.3) is 0 Å². The first-order valence-corrected chi connectivity index (χ1v) is 8.99. The molecule has 2 N–H and O–H groups in total. The zero-order valence-corrected chi connectivity index (χ0v) is 15.4. The summed E-state index contributed by atoms with van der Waals surface area (Å²) in [6, 6.07) is 0. The van der Waals surface area contributed by atoms with Crippen LogP contribution in [0.2, 0.25) is 0 Å². The van der Waals surface area contributed by atoms with Gasteiger partial charge in [0.1, 0.15) is 0 Å². The number of hydrogen-bond acceptors (Lipinski definition) is 4. The molecule has 0 aliphatic heterocycles. The predicted octanol–water partition coefficient (Wildman–Crippen LogP) is 3.24. The van der Waals surface area contributed by atoms with Crippen molar-refractivity contribution in [2.75, 3.05) is 13.7 Å². The van der Waals surface area contributed by atoms with E-state index in [1.54, 1.807) is 0 Å². The Morgan fingerprint density at radius 1 is 1.29 bits per heavy atom. The lowest BCUT2D eigenvalue weighted by Crippen LogP contribution is -2.51. The van der Waals surface area contributed by atoms with E-state index in [9.17, 15) is 15.0 Å². The SMILES string of the molecule is COC(=O)C=C(CO)CCC1C(O)C=CC2C(C)(C)CCCC12C. The van der Waals surface area contributed by atoms with Gasteiger partial charge in [0, 0.05) is 6.08 Å². The Labute approximate surface area is 145 Å². The molecule has 0 aromatic rings. The fourth-order valence-electron chi connectivity index (χ4n) is 5.04. The summed E-state index contributed by atoms with van der Waals surface area (Å²) in [4.78, 5) is 11.4. The molecule has 0 aromatic carbocycles. The van der Waals surface area contributed by atoms with E-state index in [1.807, 2.05) is 6.08 Å². The minimum Gasteiger partial charge on any atom is -0.466 e. The fraction of sp³-hybridized carbons (Fsp3) is 0.750. The molecule has 4 nitrogen and oxygen atoms in total. The normalized spacial score (nSPS) is 35.4. The molecule has 24 heavy (non-hydrogen) atoms. The minimum absolute atomic E-state index is 0.0573. The number of aliphatic hydroxyl groups is 2. The van der Waals surface area contributed by atoms with Gasteiger partial charge in [0.05, 0.1) is 19.8 Å². The summed E-state index contributed by atoms with van der Waals surface area (Å²) >= 11 is 0. The number of ether oxygens (including phenoxy) is 1. The molecule has 4 atom stereocenters. The van der Waals surface area contributed by atoms with Crippen molar-refractivity contribution in [2.24, 2.45) is 22.7 Å². The van der Waals surface area contributed by atoms with Gasteiger partial charge in [0.15, 0.2) is 0 Å². The van der Waals surface area contributed by atoms with Gasteiger partial charge in [0.2, 0.25) is 0 Å². The van der Waals surface area contributed by atoms with Gasteiger partial charge in [-0.15, -0.1) is 0 Å². The average Bonchev–Trinajstić information content (AvgIpc) is 2.51. The maximum absolute atomic E-state index is 11.4. The molecule has 0 saturated heterocycles. The minimum atomic E-state index is -0.460. The van der Waals surface area contributed by atoms with Crippen molar-refractivity contribution in [2.45, 2.75) is 59.0 Å². The van der Waals surface area contributed by atoms with Crippen LogP contribution < -0.4 is 0 Å². The molecule has 0 radical (unpaired) electrons. The first-order chi connectivity index (χ1) is 11.2. The second-order valence-electron chi connectivity index (χ2n) is 8.33. The third-order valence-corrected chi connectivity index (χ3v) is 6.35. The number of aliphatic hydroxyl groups excluding tert-OH is 2. The Hall–Kier alpha value is -1.13. The third kappa shape index (κ3) is 3.75. The molecule has 4 heteroatoms. The van der Waals surface area contributed by atoms with Crippen LogP contribution in [0.15, 0.2) is 23.8 Å². The second-order valence-corrected chi connectivity index (χ2v) is 8.33. The maximum Gasteiger partial charge on any atom is 0.330 e. The lowest BCUT2D eigenvalue weighted by Gasteiger charge is -2.56. The molecule has 0 spiro atoms. The van der Waals surface area contributed by atoms with Crippen LogP contribution in [0, 0.1) is 22.7 Å². The van der Waals surface area contributed by atoms with Crippen molar-refractivity contribution in [3.05, 3.63) is 23.8 Å². The van der Waals surface area contributed by atoms with Crippen LogP contribution in [0.25, 0.3) is 0 Å². The lowest BCUT2D eigenvalue weighted by molar-refractivity contribution is -0.134. The average molecular weight is 336 g/mol. The number of fused-ring (bicyclic) bond motifs is 1. The van der Waals surface area contributed by atoms with Crippen LogP contribution in [0.1, 0.15) is 52.9 Å². The van der Waals surface area contributed by atoms with Crippen LogP contribution in [0.4, 0.5) is 0 Å². The fourth-order valence-corrected chi connectivity index (χ4v) is 5.04. The summed E-state index contributed by atoms with van der Waals surface area (Å²) in [5.74, 6) is 0.153. The number of allylic oxidation sites excluding steroid dienone is 1. The molecule has 0 bridgehead atoms. The Bertz CT molecular complexity index is 520.